The van der Waals surface area contributed by atoms with Gasteiger partial charge in [-0.25, -0.2) is 17.6 Å². The Hall–Kier alpha value is -3.10. The van der Waals surface area contributed by atoms with Crippen LogP contribution in [0.1, 0.15) is 13.3 Å². The predicted molar refractivity (Wildman–Crippen MR) is 93.7 cm³/mol. The molecular weight excluding hydrogens is 380 g/mol. The van der Waals surface area contributed by atoms with Gasteiger partial charge in [-0.05, 0) is 42.8 Å². The molecule has 2 aromatic rings. The van der Waals surface area contributed by atoms with Crippen LogP contribution in [0.2, 0.25) is 0 Å². The summed E-state index contributed by atoms with van der Waals surface area (Å²) in [5.41, 5.74) is -0.532. The van der Waals surface area contributed by atoms with E-state index in [1.165, 1.54) is 29.2 Å². The Labute approximate surface area is 158 Å². The van der Waals surface area contributed by atoms with Crippen molar-refractivity contribution in [1.29, 1.82) is 0 Å². The maximum absolute atomic E-state index is 13.6. The summed E-state index contributed by atoms with van der Waals surface area (Å²) >= 11 is 0. The summed E-state index contributed by atoms with van der Waals surface area (Å²) in [5.74, 6) is -6.09. The average Bonchev–Trinajstić information content (AvgIpc) is 2.67. The van der Waals surface area contributed by atoms with Gasteiger partial charge in [-0.2, -0.15) is 0 Å². The lowest BCUT2D eigenvalue weighted by Gasteiger charge is -2.22. The van der Waals surface area contributed by atoms with Gasteiger partial charge in [-0.15, -0.1) is 0 Å². The molecule has 0 aliphatic rings. The summed E-state index contributed by atoms with van der Waals surface area (Å²) in [6.07, 6.45) is 0.537. The van der Waals surface area contributed by atoms with Crippen molar-refractivity contribution < 1.29 is 31.9 Å². The van der Waals surface area contributed by atoms with E-state index in [1.807, 2.05) is 0 Å². The number of halogens is 4. The Kier molecular flexibility index (Phi) is 7.36. The summed E-state index contributed by atoms with van der Waals surface area (Å²) in [6.45, 7) is 1.18. The lowest BCUT2D eigenvalue weighted by molar-refractivity contribution is -0.136. The molecule has 0 unspecified atom stereocenters. The fraction of sp³-hybridized carbons (Fsp3) is 0.263. The third kappa shape index (κ3) is 5.70. The van der Waals surface area contributed by atoms with Gasteiger partial charge < -0.3 is 15.0 Å². The first-order valence-corrected chi connectivity index (χ1v) is 8.41. The Bertz CT molecular complexity index is 844. The number of hydrogen-bond donors (Lipinski definition) is 1. The van der Waals surface area contributed by atoms with Crippen molar-refractivity contribution in [3.8, 4) is 5.75 Å². The molecule has 0 bridgehead atoms. The van der Waals surface area contributed by atoms with E-state index >= 15 is 0 Å². The van der Waals surface area contributed by atoms with Crippen LogP contribution in [0.15, 0.2) is 36.4 Å². The predicted octanol–water partition coefficient (Wildman–Crippen LogP) is 3.50. The summed E-state index contributed by atoms with van der Waals surface area (Å²) in [7, 11) is 0. The van der Waals surface area contributed by atoms with E-state index in [0.29, 0.717) is 12.5 Å². The third-order valence-corrected chi connectivity index (χ3v) is 3.67. The number of carbonyl (C=O) groups excluding carboxylic acids is 2. The molecule has 0 aliphatic carbocycles. The molecule has 0 aliphatic heterocycles. The highest BCUT2D eigenvalue weighted by Gasteiger charge is 2.20. The lowest BCUT2D eigenvalue weighted by Crippen LogP contribution is -2.41. The van der Waals surface area contributed by atoms with E-state index in [-0.39, 0.29) is 12.3 Å². The van der Waals surface area contributed by atoms with Crippen LogP contribution in [0.4, 0.5) is 23.2 Å². The lowest BCUT2D eigenvalue weighted by atomic mass is 10.2. The number of anilines is 1. The second-order valence-electron chi connectivity index (χ2n) is 5.83. The highest BCUT2D eigenvalue weighted by molar-refractivity contribution is 5.94. The quantitative estimate of drug-likeness (QED) is 0.547. The summed E-state index contributed by atoms with van der Waals surface area (Å²) in [5, 5.41) is 2.11. The van der Waals surface area contributed by atoms with Crippen molar-refractivity contribution in [3.63, 3.8) is 0 Å². The molecule has 2 amide bonds. The van der Waals surface area contributed by atoms with Crippen LogP contribution in [0.3, 0.4) is 0 Å². The number of carbonyl (C=O) groups is 2. The SMILES string of the molecule is CCCN(CC(=O)Nc1ccc(F)c(F)c1F)C(=O)COc1ccc(F)cc1. The van der Waals surface area contributed by atoms with Crippen molar-refractivity contribution >= 4 is 17.5 Å². The molecule has 150 valence electrons. The first-order valence-electron chi connectivity index (χ1n) is 8.41. The Morgan fingerprint density at radius 3 is 2.32 bits per heavy atom. The number of ether oxygens (including phenoxy) is 1. The van der Waals surface area contributed by atoms with Gasteiger partial charge in [0.25, 0.3) is 5.91 Å². The molecule has 0 fully saturated rings. The molecule has 0 saturated carbocycles. The summed E-state index contributed by atoms with van der Waals surface area (Å²) in [4.78, 5) is 25.6. The number of rotatable bonds is 8. The van der Waals surface area contributed by atoms with Crippen LogP contribution >= 0.6 is 0 Å². The van der Waals surface area contributed by atoms with Crippen LogP contribution in [0.5, 0.6) is 5.75 Å². The molecule has 0 spiro atoms. The van der Waals surface area contributed by atoms with E-state index < -0.39 is 53.9 Å². The molecule has 0 heterocycles. The van der Waals surface area contributed by atoms with Crippen molar-refractivity contribution in [1.82, 2.24) is 4.90 Å². The zero-order valence-corrected chi connectivity index (χ0v) is 15.0. The van der Waals surface area contributed by atoms with Gasteiger partial charge in [-0.3, -0.25) is 9.59 Å². The Morgan fingerprint density at radius 2 is 1.68 bits per heavy atom. The van der Waals surface area contributed by atoms with Crippen molar-refractivity contribution in [3.05, 3.63) is 59.7 Å². The van der Waals surface area contributed by atoms with E-state index in [4.69, 9.17) is 4.74 Å². The molecule has 0 saturated heterocycles. The minimum Gasteiger partial charge on any atom is -0.484 e. The van der Waals surface area contributed by atoms with Crippen LogP contribution in [0, 0.1) is 23.3 Å². The number of nitrogens with zero attached hydrogens (tertiary/aromatic N) is 1. The Morgan fingerprint density at radius 1 is 1.00 bits per heavy atom. The summed E-state index contributed by atoms with van der Waals surface area (Å²) in [6, 6.07) is 6.62. The van der Waals surface area contributed by atoms with Gasteiger partial charge in [-0.1, -0.05) is 6.92 Å². The monoisotopic (exact) mass is 398 g/mol. The maximum Gasteiger partial charge on any atom is 0.260 e. The maximum atomic E-state index is 13.6. The van der Waals surface area contributed by atoms with Crippen LogP contribution in [-0.4, -0.2) is 36.4 Å². The molecular formula is C19H18F4N2O3. The van der Waals surface area contributed by atoms with E-state index in [9.17, 15) is 27.2 Å². The number of benzene rings is 2. The molecule has 0 atom stereocenters. The topological polar surface area (TPSA) is 58.6 Å². The van der Waals surface area contributed by atoms with Gasteiger partial charge in [0.2, 0.25) is 5.91 Å². The van der Waals surface area contributed by atoms with Crippen molar-refractivity contribution in [2.45, 2.75) is 13.3 Å². The second-order valence-corrected chi connectivity index (χ2v) is 5.83. The van der Waals surface area contributed by atoms with Crippen molar-refractivity contribution in [2.24, 2.45) is 0 Å². The molecule has 2 rings (SSSR count). The van der Waals surface area contributed by atoms with Crippen LogP contribution in [0.25, 0.3) is 0 Å². The molecule has 2 aromatic carbocycles. The van der Waals surface area contributed by atoms with Crippen LogP contribution < -0.4 is 10.1 Å². The first kappa shape index (κ1) is 21.2. The first-order chi connectivity index (χ1) is 13.3. The van der Waals surface area contributed by atoms with Gasteiger partial charge in [0, 0.05) is 6.54 Å². The third-order valence-electron chi connectivity index (χ3n) is 3.67. The zero-order chi connectivity index (χ0) is 20.7. The molecule has 28 heavy (non-hydrogen) atoms. The minimum absolute atomic E-state index is 0.222. The van der Waals surface area contributed by atoms with Gasteiger partial charge >= 0.3 is 0 Å². The van der Waals surface area contributed by atoms with E-state index in [2.05, 4.69) is 5.32 Å². The van der Waals surface area contributed by atoms with E-state index in [0.717, 1.165) is 6.07 Å². The standard InChI is InChI=1S/C19H18F4N2O3/c1-2-9-25(17(27)11-28-13-5-3-12(20)4-6-13)10-16(26)24-15-8-7-14(21)18(22)19(15)23/h3-8H,2,9-11H2,1H3,(H,24,26). The zero-order valence-electron chi connectivity index (χ0n) is 15.0. The van der Waals surface area contributed by atoms with Gasteiger partial charge in [0.1, 0.15) is 11.6 Å². The average molecular weight is 398 g/mol. The minimum atomic E-state index is -1.70. The number of nitrogens with one attached hydrogen (secondary N) is 1. The highest BCUT2D eigenvalue weighted by Crippen LogP contribution is 2.19. The normalized spacial score (nSPS) is 10.5. The number of hydrogen-bond acceptors (Lipinski definition) is 3. The Balaban J connectivity index is 1.97. The fourth-order valence-corrected chi connectivity index (χ4v) is 2.31. The smallest absolute Gasteiger partial charge is 0.260 e. The summed E-state index contributed by atoms with van der Waals surface area (Å²) < 4.78 is 57.9. The molecule has 1 N–H and O–H groups in total. The molecule has 5 nitrogen and oxygen atoms in total. The molecule has 9 heteroatoms. The fourth-order valence-electron chi connectivity index (χ4n) is 2.31. The number of amides is 2. The van der Waals surface area contributed by atoms with E-state index in [1.54, 1.807) is 6.92 Å². The van der Waals surface area contributed by atoms with Crippen molar-refractivity contribution in [2.75, 3.05) is 25.0 Å². The van der Waals surface area contributed by atoms with Gasteiger partial charge in [0.05, 0.1) is 12.2 Å². The van der Waals surface area contributed by atoms with Crippen LogP contribution in [-0.2, 0) is 9.59 Å². The molecule has 0 aromatic heterocycles. The second kappa shape index (κ2) is 9.72. The largest absolute Gasteiger partial charge is 0.484 e. The molecule has 0 radical (unpaired) electrons. The highest BCUT2D eigenvalue weighted by atomic mass is 19.2. The van der Waals surface area contributed by atoms with Gasteiger partial charge in [0.15, 0.2) is 24.1 Å².